The Morgan fingerprint density at radius 1 is 1.33 bits per heavy atom. The van der Waals surface area contributed by atoms with Crippen molar-refractivity contribution in [2.24, 2.45) is 0 Å². The summed E-state index contributed by atoms with van der Waals surface area (Å²) in [6.07, 6.45) is 0. The van der Waals surface area contributed by atoms with Crippen molar-refractivity contribution in [3.63, 3.8) is 0 Å². The lowest BCUT2D eigenvalue weighted by molar-refractivity contribution is -0.139. The number of hydrogen-bond acceptors (Lipinski definition) is 6. The van der Waals surface area contributed by atoms with Gasteiger partial charge in [0.2, 0.25) is 0 Å². The van der Waals surface area contributed by atoms with Gasteiger partial charge in [0.25, 0.3) is 0 Å². The second-order valence-electron chi connectivity index (χ2n) is 4.14. The fourth-order valence-corrected chi connectivity index (χ4v) is 2.59. The van der Waals surface area contributed by atoms with E-state index >= 15 is 0 Å². The molecule has 21 heavy (non-hydrogen) atoms. The van der Waals surface area contributed by atoms with Crippen molar-refractivity contribution in [2.75, 3.05) is 19.0 Å². The van der Waals surface area contributed by atoms with Gasteiger partial charge >= 0.3 is 5.97 Å². The number of esters is 1. The van der Waals surface area contributed by atoms with Gasteiger partial charge in [0.05, 0.1) is 19.0 Å². The lowest BCUT2D eigenvalue weighted by Crippen LogP contribution is -2.09. The second kappa shape index (κ2) is 7.80. The minimum Gasteiger partial charge on any atom is -0.465 e. The van der Waals surface area contributed by atoms with Crippen LogP contribution in [0.2, 0.25) is 0 Å². The summed E-state index contributed by atoms with van der Waals surface area (Å²) in [5.41, 5.74) is 0.918. The summed E-state index contributed by atoms with van der Waals surface area (Å²) in [6.45, 7) is 2.48. The van der Waals surface area contributed by atoms with Crippen molar-refractivity contribution < 1.29 is 14.6 Å². The molecule has 2 aromatic rings. The average molecular weight is 307 g/mol. The summed E-state index contributed by atoms with van der Waals surface area (Å²) in [5.74, 6) is 0.560. The molecule has 0 saturated heterocycles. The highest BCUT2D eigenvalue weighted by Gasteiger charge is 2.15. The fraction of sp³-hybridized carbons (Fsp3) is 0.357. The first-order chi connectivity index (χ1) is 10.3. The van der Waals surface area contributed by atoms with Gasteiger partial charge in [-0.15, -0.1) is 10.2 Å². The third-order valence-electron chi connectivity index (χ3n) is 2.70. The molecular weight excluding hydrogens is 290 g/mol. The molecule has 0 radical (unpaired) electrons. The zero-order valence-electron chi connectivity index (χ0n) is 11.7. The number of carbonyl (C=O) groups is 1. The molecule has 0 aliphatic heterocycles. The maximum atomic E-state index is 11.4. The van der Waals surface area contributed by atoms with Crippen LogP contribution in [0.15, 0.2) is 35.5 Å². The Balaban J connectivity index is 2.19. The molecule has 6 nitrogen and oxygen atoms in total. The highest BCUT2D eigenvalue weighted by molar-refractivity contribution is 7.99. The number of carbonyl (C=O) groups excluding carboxylic acids is 1. The molecule has 0 atom stereocenters. The van der Waals surface area contributed by atoms with Gasteiger partial charge < -0.3 is 9.84 Å². The molecule has 112 valence electrons. The van der Waals surface area contributed by atoms with Crippen LogP contribution < -0.4 is 0 Å². The van der Waals surface area contributed by atoms with Crippen LogP contribution in [0, 0.1) is 0 Å². The van der Waals surface area contributed by atoms with E-state index in [-0.39, 0.29) is 18.3 Å². The number of rotatable bonds is 7. The summed E-state index contributed by atoms with van der Waals surface area (Å²) in [4.78, 5) is 11.4. The van der Waals surface area contributed by atoms with Crippen molar-refractivity contribution in [1.82, 2.24) is 14.8 Å². The van der Waals surface area contributed by atoms with Gasteiger partial charge in [0.1, 0.15) is 0 Å². The number of aromatic nitrogens is 3. The van der Waals surface area contributed by atoms with Gasteiger partial charge in [0.15, 0.2) is 11.0 Å². The number of aliphatic hydroxyl groups excluding tert-OH is 1. The number of thioether (sulfide) groups is 1. The molecule has 0 bridgehead atoms. The molecule has 7 heteroatoms. The van der Waals surface area contributed by atoms with Gasteiger partial charge in [0, 0.05) is 12.1 Å². The molecule has 0 saturated carbocycles. The molecule has 0 spiro atoms. The molecule has 1 aromatic heterocycles. The summed E-state index contributed by atoms with van der Waals surface area (Å²) < 4.78 is 6.69. The van der Waals surface area contributed by atoms with E-state index in [1.165, 1.54) is 11.8 Å². The van der Waals surface area contributed by atoms with E-state index in [0.717, 1.165) is 5.56 Å². The Labute approximate surface area is 127 Å². The van der Waals surface area contributed by atoms with E-state index in [0.29, 0.717) is 24.1 Å². The van der Waals surface area contributed by atoms with Crippen molar-refractivity contribution in [3.8, 4) is 11.4 Å². The van der Waals surface area contributed by atoms with E-state index in [1.807, 2.05) is 30.3 Å². The van der Waals surface area contributed by atoms with Crippen LogP contribution in [0.1, 0.15) is 6.92 Å². The van der Waals surface area contributed by atoms with Crippen LogP contribution in [-0.2, 0) is 16.1 Å². The van der Waals surface area contributed by atoms with E-state index in [1.54, 1.807) is 11.5 Å². The Kier molecular flexibility index (Phi) is 5.77. The summed E-state index contributed by atoms with van der Waals surface area (Å²) in [5, 5.41) is 18.1. The molecular formula is C14H17N3O3S. The molecule has 0 fully saturated rings. The van der Waals surface area contributed by atoms with Gasteiger partial charge in [-0.2, -0.15) is 0 Å². The number of benzene rings is 1. The number of hydrogen-bond donors (Lipinski definition) is 1. The number of aliphatic hydroxyl groups is 1. The molecule has 0 aliphatic carbocycles. The molecule has 0 unspecified atom stereocenters. The Morgan fingerprint density at radius 3 is 2.76 bits per heavy atom. The van der Waals surface area contributed by atoms with Crippen LogP contribution in [0.25, 0.3) is 11.4 Å². The SMILES string of the molecule is CCOC(=O)CSc1nnc(-c2ccccc2)n1CCO. The maximum absolute atomic E-state index is 11.4. The van der Waals surface area contributed by atoms with Crippen LogP contribution in [0.3, 0.4) is 0 Å². The minimum atomic E-state index is -0.290. The molecule has 1 heterocycles. The predicted octanol–water partition coefficient (Wildman–Crippen LogP) is 1.59. The summed E-state index contributed by atoms with van der Waals surface area (Å²) in [6, 6.07) is 9.61. The fourth-order valence-electron chi connectivity index (χ4n) is 1.82. The third kappa shape index (κ3) is 4.05. The number of nitrogens with zero attached hydrogens (tertiary/aromatic N) is 3. The lowest BCUT2D eigenvalue weighted by Gasteiger charge is -2.08. The van der Waals surface area contributed by atoms with Crippen LogP contribution in [0.4, 0.5) is 0 Å². The van der Waals surface area contributed by atoms with Gasteiger partial charge in [-0.1, -0.05) is 42.1 Å². The molecule has 0 aliphatic rings. The topological polar surface area (TPSA) is 77.2 Å². The third-order valence-corrected chi connectivity index (χ3v) is 3.64. The molecule has 1 N–H and O–H groups in total. The zero-order chi connectivity index (χ0) is 15.1. The van der Waals surface area contributed by atoms with Crippen molar-refractivity contribution in [1.29, 1.82) is 0 Å². The van der Waals surface area contributed by atoms with Gasteiger partial charge in [-0.25, -0.2) is 0 Å². The first-order valence-corrected chi connectivity index (χ1v) is 7.62. The largest absolute Gasteiger partial charge is 0.465 e. The smallest absolute Gasteiger partial charge is 0.316 e. The summed E-state index contributed by atoms with van der Waals surface area (Å²) >= 11 is 1.25. The predicted molar refractivity (Wildman–Crippen MR) is 79.9 cm³/mol. The molecule has 1 aromatic carbocycles. The Bertz CT molecular complexity index is 586. The first kappa shape index (κ1) is 15.5. The Hall–Kier alpha value is -1.86. The highest BCUT2D eigenvalue weighted by Crippen LogP contribution is 2.23. The van der Waals surface area contributed by atoms with Crippen LogP contribution >= 0.6 is 11.8 Å². The first-order valence-electron chi connectivity index (χ1n) is 6.64. The second-order valence-corrected chi connectivity index (χ2v) is 5.08. The van der Waals surface area contributed by atoms with Crippen molar-refractivity contribution in [3.05, 3.63) is 30.3 Å². The molecule has 2 rings (SSSR count). The van der Waals surface area contributed by atoms with Crippen LogP contribution in [0.5, 0.6) is 0 Å². The average Bonchev–Trinajstić information content (AvgIpc) is 2.90. The maximum Gasteiger partial charge on any atom is 0.316 e. The van der Waals surface area contributed by atoms with E-state index < -0.39 is 0 Å². The Morgan fingerprint density at radius 2 is 2.10 bits per heavy atom. The van der Waals surface area contributed by atoms with Crippen molar-refractivity contribution in [2.45, 2.75) is 18.6 Å². The normalized spacial score (nSPS) is 10.6. The summed E-state index contributed by atoms with van der Waals surface area (Å²) in [7, 11) is 0. The van der Waals surface area contributed by atoms with E-state index in [9.17, 15) is 9.90 Å². The zero-order valence-corrected chi connectivity index (χ0v) is 12.5. The molecule has 0 amide bonds. The number of ether oxygens (including phenoxy) is 1. The monoisotopic (exact) mass is 307 g/mol. The minimum absolute atomic E-state index is 0.0230. The van der Waals surface area contributed by atoms with Crippen LogP contribution in [-0.4, -0.2) is 44.8 Å². The quantitative estimate of drug-likeness (QED) is 0.618. The van der Waals surface area contributed by atoms with E-state index in [4.69, 9.17) is 4.74 Å². The van der Waals surface area contributed by atoms with E-state index in [2.05, 4.69) is 10.2 Å². The highest BCUT2D eigenvalue weighted by atomic mass is 32.2. The lowest BCUT2D eigenvalue weighted by atomic mass is 10.2. The van der Waals surface area contributed by atoms with Crippen molar-refractivity contribution >= 4 is 17.7 Å². The standard InChI is InChI=1S/C14H17N3O3S/c1-2-20-12(19)10-21-14-16-15-13(17(14)8-9-18)11-6-4-3-5-7-11/h3-7,18H,2,8-10H2,1H3. The van der Waals surface area contributed by atoms with Gasteiger partial charge in [-0.3, -0.25) is 9.36 Å². The van der Waals surface area contributed by atoms with Gasteiger partial charge in [-0.05, 0) is 6.92 Å².